The fourth-order valence-electron chi connectivity index (χ4n) is 1.70. The van der Waals surface area contributed by atoms with Gasteiger partial charge in [0.2, 0.25) is 0 Å². The first-order valence-electron chi connectivity index (χ1n) is 5.93. The third-order valence-electron chi connectivity index (χ3n) is 2.76. The van der Waals surface area contributed by atoms with E-state index in [1.165, 1.54) is 6.07 Å². The lowest BCUT2D eigenvalue weighted by Gasteiger charge is -2.11. The normalized spacial score (nSPS) is 10.4. The van der Waals surface area contributed by atoms with E-state index >= 15 is 0 Å². The first kappa shape index (κ1) is 14.8. The summed E-state index contributed by atoms with van der Waals surface area (Å²) in [6.07, 6.45) is 0. The van der Waals surface area contributed by atoms with E-state index in [-0.39, 0.29) is 6.61 Å². The Bertz CT molecular complexity index is 602. The summed E-state index contributed by atoms with van der Waals surface area (Å²) in [7, 11) is 1.55. The highest BCUT2D eigenvalue weighted by molar-refractivity contribution is 9.08. The van der Waals surface area contributed by atoms with Crippen LogP contribution >= 0.6 is 15.9 Å². The van der Waals surface area contributed by atoms with Gasteiger partial charge in [0.15, 0.2) is 23.1 Å². The molecule has 2 aromatic carbocycles. The molecule has 0 saturated carbocycles. The van der Waals surface area contributed by atoms with E-state index in [0.29, 0.717) is 22.4 Å². The number of hydrogen-bond acceptors (Lipinski definition) is 2. The highest BCUT2D eigenvalue weighted by Crippen LogP contribution is 2.29. The third kappa shape index (κ3) is 3.48. The third-order valence-corrected chi connectivity index (χ3v) is 3.41. The molecule has 2 rings (SSSR count). The van der Waals surface area contributed by atoms with Gasteiger partial charge in [-0.1, -0.05) is 28.1 Å². The number of ether oxygens (including phenoxy) is 2. The zero-order valence-electron chi connectivity index (χ0n) is 10.8. The van der Waals surface area contributed by atoms with Crippen LogP contribution in [-0.4, -0.2) is 7.11 Å². The van der Waals surface area contributed by atoms with Crippen molar-refractivity contribution in [3.63, 3.8) is 0 Å². The van der Waals surface area contributed by atoms with Crippen LogP contribution in [0.2, 0.25) is 0 Å². The Kier molecular flexibility index (Phi) is 4.95. The van der Waals surface area contributed by atoms with Crippen LogP contribution in [0.1, 0.15) is 11.1 Å². The van der Waals surface area contributed by atoms with Crippen LogP contribution in [0.25, 0.3) is 0 Å². The predicted molar refractivity (Wildman–Crippen MR) is 76.3 cm³/mol. The topological polar surface area (TPSA) is 18.5 Å². The molecule has 20 heavy (non-hydrogen) atoms. The highest BCUT2D eigenvalue weighted by atomic mass is 79.9. The lowest BCUT2D eigenvalue weighted by Crippen LogP contribution is -1.99. The van der Waals surface area contributed by atoms with Crippen LogP contribution in [0.5, 0.6) is 11.5 Å². The molecule has 0 aliphatic carbocycles. The SMILES string of the molecule is COc1cc(CBr)ccc1OCc1ccc(F)c(F)c1. The van der Waals surface area contributed by atoms with Crippen molar-refractivity contribution in [2.24, 2.45) is 0 Å². The Morgan fingerprint density at radius 2 is 1.70 bits per heavy atom. The van der Waals surface area contributed by atoms with Gasteiger partial charge in [-0.05, 0) is 35.4 Å². The Balaban J connectivity index is 2.12. The molecule has 2 aromatic rings. The maximum atomic E-state index is 13.1. The van der Waals surface area contributed by atoms with E-state index in [0.717, 1.165) is 17.7 Å². The number of hydrogen-bond donors (Lipinski definition) is 0. The summed E-state index contributed by atoms with van der Waals surface area (Å²) in [6.45, 7) is 0.140. The number of benzene rings is 2. The van der Waals surface area contributed by atoms with Crippen LogP contribution in [-0.2, 0) is 11.9 Å². The summed E-state index contributed by atoms with van der Waals surface area (Å²) in [5, 5.41) is 0.715. The summed E-state index contributed by atoms with van der Waals surface area (Å²) < 4.78 is 36.7. The van der Waals surface area contributed by atoms with E-state index in [2.05, 4.69) is 15.9 Å². The molecule has 0 atom stereocenters. The van der Waals surface area contributed by atoms with E-state index in [4.69, 9.17) is 9.47 Å². The average molecular weight is 343 g/mol. The number of rotatable bonds is 5. The lowest BCUT2D eigenvalue weighted by molar-refractivity contribution is 0.283. The zero-order chi connectivity index (χ0) is 14.5. The molecular weight excluding hydrogens is 330 g/mol. The minimum atomic E-state index is -0.882. The molecule has 0 N–H and O–H groups in total. The van der Waals surface area contributed by atoms with Crippen LogP contribution in [0.3, 0.4) is 0 Å². The number of methoxy groups -OCH3 is 1. The predicted octanol–water partition coefficient (Wildman–Crippen LogP) is 4.45. The summed E-state index contributed by atoms with van der Waals surface area (Å²) >= 11 is 3.36. The Morgan fingerprint density at radius 1 is 0.950 bits per heavy atom. The molecule has 5 heteroatoms. The summed E-state index contributed by atoms with van der Waals surface area (Å²) in [5.74, 6) is -0.591. The molecule has 0 amide bonds. The van der Waals surface area contributed by atoms with Gasteiger partial charge < -0.3 is 9.47 Å². The van der Waals surface area contributed by atoms with Gasteiger partial charge in [-0.25, -0.2) is 8.78 Å². The van der Waals surface area contributed by atoms with Crippen molar-refractivity contribution in [3.8, 4) is 11.5 Å². The van der Waals surface area contributed by atoms with Crippen molar-refractivity contribution in [2.75, 3.05) is 7.11 Å². The Hall–Kier alpha value is -1.62. The first-order chi connectivity index (χ1) is 9.63. The molecule has 0 radical (unpaired) electrons. The van der Waals surface area contributed by atoms with Gasteiger partial charge >= 0.3 is 0 Å². The van der Waals surface area contributed by atoms with Crippen molar-refractivity contribution in [2.45, 2.75) is 11.9 Å². The maximum absolute atomic E-state index is 13.1. The molecule has 0 heterocycles. The van der Waals surface area contributed by atoms with E-state index in [1.807, 2.05) is 12.1 Å². The molecule has 0 fully saturated rings. The quantitative estimate of drug-likeness (QED) is 0.747. The summed E-state index contributed by atoms with van der Waals surface area (Å²) in [4.78, 5) is 0. The number of halogens is 3. The van der Waals surface area contributed by atoms with Crippen molar-refractivity contribution in [3.05, 3.63) is 59.2 Å². The second kappa shape index (κ2) is 6.70. The van der Waals surface area contributed by atoms with Crippen molar-refractivity contribution in [1.29, 1.82) is 0 Å². The maximum Gasteiger partial charge on any atom is 0.161 e. The molecule has 0 unspecified atom stereocenters. The smallest absolute Gasteiger partial charge is 0.161 e. The average Bonchev–Trinajstić information content (AvgIpc) is 2.48. The second-order valence-electron chi connectivity index (χ2n) is 4.16. The fourth-order valence-corrected chi connectivity index (χ4v) is 2.05. The minimum Gasteiger partial charge on any atom is -0.493 e. The summed E-state index contributed by atoms with van der Waals surface area (Å²) in [5.41, 5.74) is 1.61. The molecule has 0 spiro atoms. The largest absolute Gasteiger partial charge is 0.493 e. The van der Waals surface area contributed by atoms with E-state index in [1.54, 1.807) is 13.2 Å². The first-order valence-corrected chi connectivity index (χ1v) is 7.06. The van der Waals surface area contributed by atoms with E-state index in [9.17, 15) is 8.78 Å². The van der Waals surface area contributed by atoms with Crippen LogP contribution < -0.4 is 9.47 Å². The van der Waals surface area contributed by atoms with Gasteiger partial charge in [-0.3, -0.25) is 0 Å². The molecule has 2 nitrogen and oxygen atoms in total. The summed E-state index contributed by atoms with van der Waals surface area (Å²) in [6, 6.07) is 9.23. The van der Waals surface area contributed by atoms with Gasteiger partial charge in [-0.15, -0.1) is 0 Å². The molecule has 106 valence electrons. The van der Waals surface area contributed by atoms with Gasteiger partial charge in [0.1, 0.15) is 6.61 Å². The van der Waals surface area contributed by atoms with Crippen LogP contribution in [0.15, 0.2) is 36.4 Å². The Labute approximate surface area is 124 Å². The fraction of sp³-hybridized carbons (Fsp3) is 0.200. The molecular formula is C15H13BrF2O2. The van der Waals surface area contributed by atoms with Crippen molar-refractivity contribution >= 4 is 15.9 Å². The standard InChI is InChI=1S/C15H13BrF2O2/c1-19-15-7-10(8-16)3-5-14(15)20-9-11-2-4-12(17)13(18)6-11/h2-7H,8-9H2,1H3. The zero-order valence-corrected chi connectivity index (χ0v) is 12.4. The lowest BCUT2D eigenvalue weighted by atomic mass is 10.2. The van der Waals surface area contributed by atoms with Gasteiger partial charge in [-0.2, -0.15) is 0 Å². The van der Waals surface area contributed by atoms with Gasteiger partial charge in [0.25, 0.3) is 0 Å². The molecule has 0 bridgehead atoms. The van der Waals surface area contributed by atoms with Crippen molar-refractivity contribution < 1.29 is 18.3 Å². The molecule has 0 aliphatic rings. The molecule has 0 saturated heterocycles. The molecule has 0 aliphatic heterocycles. The van der Waals surface area contributed by atoms with Gasteiger partial charge in [0, 0.05) is 5.33 Å². The van der Waals surface area contributed by atoms with Crippen LogP contribution in [0.4, 0.5) is 8.78 Å². The van der Waals surface area contributed by atoms with E-state index < -0.39 is 11.6 Å². The van der Waals surface area contributed by atoms with Gasteiger partial charge in [0.05, 0.1) is 7.11 Å². The second-order valence-corrected chi connectivity index (χ2v) is 4.72. The number of alkyl halides is 1. The highest BCUT2D eigenvalue weighted by Gasteiger charge is 2.07. The van der Waals surface area contributed by atoms with Crippen LogP contribution in [0, 0.1) is 11.6 Å². The molecule has 0 aromatic heterocycles. The van der Waals surface area contributed by atoms with Crippen molar-refractivity contribution in [1.82, 2.24) is 0 Å². The minimum absolute atomic E-state index is 0.140. The monoisotopic (exact) mass is 342 g/mol. The Morgan fingerprint density at radius 3 is 2.35 bits per heavy atom.